The van der Waals surface area contributed by atoms with Crippen LogP contribution in [0.25, 0.3) is 0 Å². The largest absolute Gasteiger partial charge is 0.487 e. The van der Waals surface area contributed by atoms with Gasteiger partial charge in [-0.25, -0.2) is 0 Å². The highest BCUT2D eigenvalue weighted by molar-refractivity contribution is 9.10. The predicted octanol–water partition coefficient (Wildman–Crippen LogP) is 4.64. The minimum atomic E-state index is 0.0697. The van der Waals surface area contributed by atoms with Crippen LogP contribution in [0.15, 0.2) is 40.9 Å². The van der Waals surface area contributed by atoms with Gasteiger partial charge in [-0.3, -0.25) is 0 Å². The fourth-order valence-corrected chi connectivity index (χ4v) is 3.32. The van der Waals surface area contributed by atoms with E-state index in [2.05, 4.69) is 53.2 Å². The normalized spacial score (nSPS) is 16.8. The lowest BCUT2D eigenvalue weighted by atomic mass is 9.99. The van der Waals surface area contributed by atoms with Gasteiger partial charge in [0.15, 0.2) is 0 Å². The van der Waals surface area contributed by atoms with Gasteiger partial charge >= 0.3 is 0 Å². The molecule has 1 aliphatic heterocycles. The molecule has 3 nitrogen and oxygen atoms in total. The van der Waals surface area contributed by atoms with Crippen LogP contribution < -0.4 is 4.74 Å². The van der Waals surface area contributed by atoms with Crippen molar-refractivity contribution in [2.24, 2.45) is 0 Å². The molecule has 0 unspecified atom stereocenters. The van der Waals surface area contributed by atoms with Crippen LogP contribution in [-0.2, 0) is 17.6 Å². The third-order valence-corrected chi connectivity index (χ3v) is 4.91. The maximum absolute atomic E-state index is 9.51. The average Bonchev–Trinajstić information content (AvgIpc) is 3.11. The number of hydrogen-bond acceptors (Lipinski definition) is 3. The zero-order valence-corrected chi connectivity index (χ0v) is 15.3. The van der Waals surface area contributed by atoms with Crippen LogP contribution in [0.4, 0.5) is 0 Å². The summed E-state index contributed by atoms with van der Waals surface area (Å²) in [5, 5.41) is 9.51. The van der Waals surface area contributed by atoms with Crippen molar-refractivity contribution in [3.63, 3.8) is 0 Å². The van der Waals surface area contributed by atoms with Crippen LogP contribution in [0.5, 0.6) is 5.75 Å². The van der Waals surface area contributed by atoms with Gasteiger partial charge in [0.25, 0.3) is 0 Å². The van der Waals surface area contributed by atoms with Crippen LogP contribution >= 0.6 is 15.9 Å². The summed E-state index contributed by atoms with van der Waals surface area (Å²) in [6.45, 7) is 3.49. The molecule has 1 heterocycles. The molecule has 24 heavy (non-hydrogen) atoms. The van der Waals surface area contributed by atoms with Gasteiger partial charge in [0.1, 0.15) is 11.9 Å². The fraction of sp³-hybridized carbons (Fsp3) is 0.350. The number of nitriles is 1. The summed E-state index contributed by atoms with van der Waals surface area (Å²) in [5.41, 5.74) is 4.19. The smallest absolute Gasteiger partial charge is 0.135 e. The lowest BCUT2D eigenvalue weighted by molar-refractivity contribution is 0.141. The van der Waals surface area contributed by atoms with Crippen molar-refractivity contribution >= 4 is 15.9 Å². The number of benzene rings is 2. The zero-order chi connectivity index (χ0) is 16.9. The molecule has 0 amide bonds. The molecule has 2 aromatic rings. The summed E-state index contributed by atoms with van der Waals surface area (Å²) in [5.74, 6) is 0.715. The average molecular weight is 386 g/mol. The van der Waals surface area contributed by atoms with Gasteiger partial charge < -0.3 is 9.47 Å². The molecule has 2 aromatic carbocycles. The Bertz CT molecular complexity index is 743. The molecule has 1 saturated heterocycles. The highest BCUT2D eigenvalue weighted by Crippen LogP contribution is 2.31. The first-order valence-corrected chi connectivity index (χ1v) is 9.03. The van der Waals surface area contributed by atoms with E-state index in [1.807, 2.05) is 12.1 Å². The summed E-state index contributed by atoms with van der Waals surface area (Å²) in [7, 11) is 0. The fourth-order valence-electron chi connectivity index (χ4n) is 2.83. The monoisotopic (exact) mass is 385 g/mol. The summed E-state index contributed by atoms with van der Waals surface area (Å²) in [6.07, 6.45) is 2.73. The second kappa shape index (κ2) is 7.83. The Balaban J connectivity index is 1.82. The molecule has 0 radical (unpaired) electrons. The molecule has 1 aliphatic rings. The quantitative estimate of drug-likeness (QED) is 0.752. The van der Waals surface area contributed by atoms with Gasteiger partial charge in [0.05, 0.1) is 29.3 Å². The van der Waals surface area contributed by atoms with Crippen LogP contribution in [0.1, 0.15) is 35.6 Å². The molecular weight excluding hydrogens is 366 g/mol. The number of halogens is 1. The molecule has 4 heteroatoms. The van der Waals surface area contributed by atoms with E-state index in [1.54, 1.807) is 0 Å². The maximum atomic E-state index is 9.51. The van der Waals surface area contributed by atoms with E-state index in [0.29, 0.717) is 17.9 Å². The molecule has 0 aromatic heterocycles. The van der Waals surface area contributed by atoms with E-state index in [-0.39, 0.29) is 6.10 Å². The standard InChI is InChI=1S/C20H20BrNO2/c1-2-14-3-5-15(6-4-14)9-16-10-19(21)20(11-17(16)12-22)24-18-7-8-23-13-18/h3-6,10-11,18H,2,7-9,13H2,1H3/t18-/m1/s1. The van der Waals surface area contributed by atoms with Crippen molar-refractivity contribution in [1.82, 2.24) is 0 Å². The number of hydrogen-bond donors (Lipinski definition) is 0. The number of aryl methyl sites for hydroxylation is 1. The van der Waals surface area contributed by atoms with E-state index in [9.17, 15) is 5.26 Å². The Hall–Kier alpha value is -1.83. The summed E-state index contributed by atoms with van der Waals surface area (Å²) < 4.78 is 12.2. The molecule has 0 N–H and O–H groups in total. The first kappa shape index (κ1) is 17.0. The molecule has 0 aliphatic carbocycles. The Morgan fingerprint density at radius 2 is 2.00 bits per heavy atom. The Morgan fingerprint density at radius 3 is 2.62 bits per heavy atom. The molecule has 0 bridgehead atoms. The van der Waals surface area contributed by atoms with Gasteiger partial charge in [-0.15, -0.1) is 0 Å². The highest BCUT2D eigenvalue weighted by atomic mass is 79.9. The summed E-state index contributed by atoms with van der Waals surface area (Å²) >= 11 is 3.58. The Labute approximate surface area is 151 Å². The molecule has 1 fully saturated rings. The Kier molecular flexibility index (Phi) is 5.55. The van der Waals surface area contributed by atoms with Crippen molar-refractivity contribution in [2.45, 2.75) is 32.3 Å². The summed E-state index contributed by atoms with van der Waals surface area (Å²) in [4.78, 5) is 0. The van der Waals surface area contributed by atoms with Gasteiger partial charge in [-0.1, -0.05) is 31.2 Å². The first-order valence-electron chi connectivity index (χ1n) is 8.24. The predicted molar refractivity (Wildman–Crippen MR) is 97.3 cm³/mol. The van der Waals surface area contributed by atoms with E-state index in [0.717, 1.165) is 35.9 Å². The molecule has 3 rings (SSSR count). The number of ether oxygens (including phenoxy) is 2. The van der Waals surface area contributed by atoms with Crippen molar-refractivity contribution in [1.29, 1.82) is 5.26 Å². The minimum Gasteiger partial charge on any atom is -0.487 e. The van der Waals surface area contributed by atoms with Crippen LogP contribution in [-0.4, -0.2) is 19.3 Å². The second-order valence-electron chi connectivity index (χ2n) is 6.00. The first-order chi connectivity index (χ1) is 11.7. The van der Waals surface area contributed by atoms with Gasteiger partial charge in [0, 0.05) is 6.42 Å². The Morgan fingerprint density at radius 1 is 1.25 bits per heavy atom. The van der Waals surface area contributed by atoms with Gasteiger partial charge in [0.2, 0.25) is 0 Å². The minimum absolute atomic E-state index is 0.0697. The van der Waals surface area contributed by atoms with Crippen molar-refractivity contribution in [3.8, 4) is 11.8 Å². The lowest BCUT2D eigenvalue weighted by Gasteiger charge is -2.15. The molecule has 124 valence electrons. The molecule has 1 atom stereocenters. The molecule has 0 saturated carbocycles. The highest BCUT2D eigenvalue weighted by Gasteiger charge is 2.19. The number of rotatable bonds is 5. The molecule has 0 spiro atoms. The van der Waals surface area contributed by atoms with E-state index in [1.165, 1.54) is 11.1 Å². The van der Waals surface area contributed by atoms with E-state index >= 15 is 0 Å². The van der Waals surface area contributed by atoms with E-state index in [4.69, 9.17) is 9.47 Å². The third-order valence-electron chi connectivity index (χ3n) is 4.29. The SMILES string of the molecule is CCc1ccc(Cc2cc(Br)c(O[C@@H]3CCOC3)cc2C#N)cc1. The molecular formula is C20H20BrNO2. The van der Waals surface area contributed by atoms with Crippen LogP contribution in [0.3, 0.4) is 0 Å². The van der Waals surface area contributed by atoms with E-state index < -0.39 is 0 Å². The van der Waals surface area contributed by atoms with Crippen LogP contribution in [0.2, 0.25) is 0 Å². The second-order valence-corrected chi connectivity index (χ2v) is 6.86. The van der Waals surface area contributed by atoms with Crippen LogP contribution in [0, 0.1) is 11.3 Å². The van der Waals surface area contributed by atoms with Gasteiger partial charge in [-0.05, 0) is 57.6 Å². The zero-order valence-electron chi connectivity index (χ0n) is 13.7. The lowest BCUT2D eigenvalue weighted by Crippen LogP contribution is -2.16. The topological polar surface area (TPSA) is 42.2 Å². The maximum Gasteiger partial charge on any atom is 0.135 e. The van der Waals surface area contributed by atoms with Crippen molar-refractivity contribution in [2.75, 3.05) is 13.2 Å². The van der Waals surface area contributed by atoms with Crippen molar-refractivity contribution in [3.05, 3.63) is 63.1 Å². The summed E-state index contributed by atoms with van der Waals surface area (Å²) in [6, 6.07) is 14.7. The number of nitrogens with zero attached hydrogens (tertiary/aromatic N) is 1. The third kappa shape index (κ3) is 3.98. The van der Waals surface area contributed by atoms with Crippen molar-refractivity contribution < 1.29 is 9.47 Å². The van der Waals surface area contributed by atoms with Gasteiger partial charge in [-0.2, -0.15) is 5.26 Å².